The Kier molecular flexibility index (Phi) is 12.4. The van der Waals surface area contributed by atoms with Crippen LogP contribution in [0.1, 0.15) is 103 Å². The maximum Gasteiger partial charge on any atom is 0.0404 e. The van der Waals surface area contributed by atoms with Crippen LogP contribution in [0.5, 0.6) is 0 Å². The molecule has 0 unspecified atom stereocenters. The summed E-state index contributed by atoms with van der Waals surface area (Å²) in [6, 6.07) is 0. The average Bonchev–Trinajstić information content (AvgIpc) is 3.01. The molecule has 1 heterocycles. The molecule has 21 heavy (non-hydrogen) atoms. The van der Waals surface area contributed by atoms with E-state index in [4.69, 9.17) is 0 Å². The molecule has 0 aromatic heterocycles. The largest absolute Gasteiger partial charge is 0.261 e. The Hall–Kier alpha value is -0.720. The molecule has 0 bridgehead atoms. The second kappa shape index (κ2) is 14.2. The van der Waals surface area contributed by atoms with E-state index in [9.17, 15) is 0 Å². The molecule has 0 aromatic rings. The van der Waals surface area contributed by atoms with Gasteiger partial charge in [0.25, 0.3) is 0 Å². The lowest BCUT2D eigenvalue weighted by molar-refractivity contribution is 0.535. The van der Waals surface area contributed by atoms with E-state index in [0.29, 0.717) is 0 Å². The third-order valence-corrected chi connectivity index (χ3v) is 4.40. The monoisotopic (exact) mass is 290 g/mol. The molecule has 1 heteroatoms. The fraction of sp³-hybridized carbons (Fsp3) is 0.800. The van der Waals surface area contributed by atoms with Crippen molar-refractivity contribution in [3.63, 3.8) is 0 Å². The van der Waals surface area contributed by atoms with Gasteiger partial charge in [0.1, 0.15) is 0 Å². The number of nitrogens with zero attached hydrogens (tertiary/aromatic N) is 1. The normalized spacial score (nSPS) is 13.5. The van der Waals surface area contributed by atoms with Crippen molar-refractivity contribution in [2.24, 2.45) is 0 Å². The third kappa shape index (κ3) is 11.6. The molecule has 0 aliphatic carbocycles. The van der Waals surface area contributed by atoms with Gasteiger partial charge in [-0.2, -0.15) is 0 Å². The standard InChI is InChI=1S/C20H36N/c1-2-3-4-5-6-7-8-9-10-11-12-13-14-15-17-20-18-16-19-21-20/h16,18-19H,2-15,17H2,1H3. The van der Waals surface area contributed by atoms with E-state index in [-0.39, 0.29) is 0 Å². The minimum absolute atomic E-state index is 1.17. The number of allylic oxidation sites excluding steroid dienone is 3. The quantitative estimate of drug-likeness (QED) is 0.292. The summed E-state index contributed by atoms with van der Waals surface area (Å²) in [5.41, 5.74) is 1.27. The molecule has 0 amide bonds. The maximum atomic E-state index is 4.32. The van der Waals surface area contributed by atoms with Gasteiger partial charge in [-0.3, -0.25) is 5.32 Å². The van der Waals surface area contributed by atoms with E-state index in [1.54, 1.807) is 0 Å². The van der Waals surface area contributed by atoms with Crippen molar-refractivity contribution < 1.29 is 0 Å². The first kappa shape index (κ1) is 18.3. The molecular formula is C20H36N. The summed E-state index contributed by atoms with van der Waals surface area (Å²) in [4.78, 5) is 0. The highest BCUT2D eigenvalue weighted by atomic mass is 14.9. The molecule has 0 fully saturated rings. The first-order valence-electron chi connectivity index (χ1n) is 9.50. The summed E-state index contributed by atoms with van der Waals surface area (Å²) in [5.74, 6) is 0. The second-order valence-electron chi connectivity index (χ2n) is 6.47. The smallest absolute Gasteiger partial charge is 0.0404 e. The highest BCUT2D eigenvalue weighted by Gasteiger charge is 1.99. The van der Waals surface area contributed by atoms with Gasteiger partial charge in [0.05, 0.1) is 0 Å². The molecule has 0 spiro atoms. The fourth-order valence-corrected chi connectivity index (χ4v) is 2.98. The van der Waals surface area contributed by atoms with Crippen LogP contribution in [-0.4, -0.2) is 0 Å². The lowest BCUT2D eigenvalue weighted by Gasteiger charge is -2.03. The van der Waals surface area contributed by atoms with E-state index in [0.717, 1.165) is 0 Å². The van der Waals surface area contributed by atoms with Crippen LogP contribution in [0.15, 0.2) is 24.0 Å². The predicted molar refractivity (Wildman–Crippen MR) is 94.3 cm³/mol. The summed E-state index contributed by atoms with van der Waals surface area (Å²) in [6.07, 6.45) is 27.3. The van der Waals surface area contributed by atoms with Gasteiger partial charge in [-0.15, -0.1) is 0 Å². The van der Waals surface area contributed by atoms with E-state index in [1.165, 1.54) is 102 Å². The third-order valence-electron chi connectivity index (χ3n) is 4.40. The molecule has 1 aliphatic heterocycles. The van der Waals surface area contributed by atoms with E-state index < -0.39 is 0 Å². The minimum atomic E-state index is 1.17. The molecule has 1 rings (SSSR count). The molecule has 0 atom stereocenters. The molecule has 0 N–H and O–H groups in total. The SMILES string of the molecule is CCCCCCCCCCCCCCCCC1=CC=C[N]1. The lowest BCUT2D eigenvalue weighted by atomic mass is 10.0. The van der Waals surface area contributed by atoms with E-state index in [2.05, 4.69) is 18.3 Å². The molecule has 0 saturated heterocycles. The Balaban J connectivity index is 1.67. The molecular weight excluding hydrogens is 254 g/mol. The second-order valence-corrected chi connectivity index (χ2v) is 6.47. The van der Waals surface area contributed by atoms with E-state index in [1.807, 2.05) is 12.3 Å². The van der Waals surface area contributed by atoms with Gasteiger partial charge in [-0.05, 0) is 25.0 Å². The van der Waals surface area contributed by atoms with Crippen molar-refractivity contribution in [1.82, 2.24) is 5.32 Å². The molecule has 1 aliphatic rings. The number of hydrogen-bond donors (Lipinski definition) is 0. The molecule has 1 nitrogen and oxygen atoms in total. The summed E-state index contributed by atoms with van der Waals surface area (Å²) >= 11 is 0. The van der Waals surface area contributed by atoms with Crippen LogP contribution >= 0.6 is 0 Å². The topological polar surface area (TPSA) is 14.1 Å². The maximum absolute atomic E-state index is 4.32. The minimum Gasteiger partial charge on any atom is -0.261 e. The van der Waals surface area contributed by atoms with Crippen LogP contribution in [0, 0.1) is 0 Å². The Morgan fingerprint density at radius 1 is 0.667 bits per heavy atom. The molecule has 0 saturated carbocycles. The summed E-state index contributed by atoms with van der Waals surface area (Å²) < 4.78 is 0. The summed E-state index contributed by atoms with van der Waals surface area (Å²) in [6.45, 7) is 2.29. The molecule has 121 valence electrons. The zero-order chi connectivity index (χ0) is 15.0. The first-order chi connectivity index (χ1) is 10.4. The summed E-state index contributed by atoms with van der Waals surface area (Å²) in [7, 11) is 0. The van der Waals surface area contributed by atoms with Gasteiger partial charge in [0.15, 0.2) is 0 Å². The Morgan fingerprint density at radius 3 is 1.57 bits per heavy atom. The summed E-state index contributed by atoms with van der Waals surface area (Å²) in [5, 5.41) is 4.32. The van der Waals surface area contributed by atoms with Gasteiger partial charge in [-0.1, -0.05) is 90.4 Å². The van der Waals surface area contributed by atoms with Crippen LogP contribution in [0.2, 0.25) is 0 Å². The van der Waals surface area contributed by atoms with Crippen molar-refractivity contribution >= 4 is 0 Å². The first-order valence-corrected chi connectivity index (χ1v) is 9.50. The van der Waals surface area contributed by atoms with Crippen LogP contribution in [0.3, 0.4) is 0 Å². The van der Waals surface area contributed by atoms with Crippen LogP contribution in [0.4, 0.5) is 0 Å². The van der Waals surface area contributed by atoms with Crippen molar-refractivity contribution in [2.45, 2.75) is 103 Å². The van der Waals surface area contributed by atoms with E-state index >= 15 is 0 Å². The highest BCUT2D eigenvalue weighted by Crippen LogP contribution is 2.15. The lowest BCUT2D eigenvalue weighted by Crippen LogP contribution is -1.92. The number of rotatable bonds is 15. The molecule has 1 radical (unpaired) electrons. The van der Waals surface area contributed by atoms with Gasteiger partial charge in [-0.25, -0.2) is 0 Å². The fourth-order valence-electron chi connectivity index (χ4n) is 2.98. The Morgan fingerprint density at radius 2 is 1.14 bits per heavy atom. The molecule has 0 aromatic carbocycles. The van der Waals surface area contributed by atoms with Crippen molar-refractivity contribution in [3.05, 3.63) is 24.0 Å². The predicted octanol–water partition coefficient (Wildman–Crippen LogP) is 6.87. The Bertz CT molecular complexity index is 278. The Labute approximate surface area is 133 Å². The highest BCUT2D eigenvalue weighted by molar-refractivity contribution is 5.18. The number of unbranched alkanes of at least 4 members (excludes halogenated alkanes) is 13. The van der Waals surface area contributed by atoms with Gasteiger partial charge >= 0.3 is 0 Å². The van der Waals surface area contributed by atoms with Gasteiger partial charge in [0.2, 0.25) is 0 Å². The zero-order valence-electron chi connectivity index (χ0n) is 14.3. The van der Waals surface area contributed by atoms with Gasteiger partial charge in [0, 0.05) is 11.9 Å². The van der Waals surface area contributed by atoms with Crippen molar-refractivity contribution in [2.75, 3.05) is 0 Å². The zero-order valence-corrected chi connectivity index (χ0v) is 14.3. The van der Waals surface area contributed by atoms with Crippen LogP contribution < -0.4 is 5.32 Å². The van der Waals surface area contributed by atoms with Gasteiger partial charge < -0.3 is 0 Å². The van der Waals surface area contributed by atoms with Crippen LogP contribution in [0.25, 0.3) is 0 Å². The number of hydrogen-bond acceptors (Lipinski definition) is 0. The van der Waals surface area contributed by atoms with Crippen molar-refractivity contribution in [3.8, 4) is 0 Å². The average molecular weight is 291 g/mol. The van der Waals surface area contributed by atoms with Crippen LogP contribution in [-0.2, 0) is 0 Å². The van der Waals surface area contributed by atoms with Crippen molar-refractivity contribution in [1.29, 1.82) is 0 Å².